The summed E-state index contributed by atoms with van der Waals surface area (Å²) in [7, 11) is 6.29. The number of nitrogens with zero attached hydrogens (tertiary/aromatic N) is 3. The van der Waals surface area contributed by atoms with Crippen molar-refractivity contribution in [2.75, 3.05) is 39.1 Å². The normalized spacial score (nSPS) is 10.1. The van der Waals surface area contributed by atoms with E-state index in [0.29, 0.717) is 34.8 Å². The van der Waals surface area contributed by atoms with Gasteiger partial charge < -0.3 is 29.6 Å². The summed E-state index contributed by atoms with van der Waals surface area (Å²) < 4.78 is 21.2. The Bertz CT molecular complexity index is 909. The summed E-state index contributed by atoms with van der Waals surface area (Å²) in [5.74, 6) is 3.08. The van der Waals surface area contributed by atoms with Gasteiger partial charge in [0.1, 0.15) is 12.1 Å². The van der Waals surface area contributed by atoms with Crippen LogP contribution in [0.2, 0.25) is 0 Å². The molecule has 9 heteroatoms. The molecule has 9 nitrogen and oxygen atoms in total. The standard InChI is InChI=1S/C19H21N5O4/c1-25-14-7-5-12(6-8-14)22-18-20-11-21-19(24-18)23-13-9-15(26-2)17(28-4)16(10-13)27-3/h5-11H,1-4H3,(H2,20,21,22,23,24). The third-order valence-corrected chi connectivity index (χ3v) is 3.84. The number of methoxy groups -OCH3 is 4. The molecule has 0 saturated heterocycles. The van der Waals surface area contributed by atoms with Crippen LogP contribution in [0, 0.1) is 0 Å². The SMILES string of the molecule is COc1ccc(Nc2ncnc(Nc3cc(OC)c(OC)c(OC)c3)n2)cc1. The maximum atomic E-state index is 5.36. The molecule has 0 aliphatic heterocycles. The molecule has 2 aromatic carbocycles. The summed E-state index contributed by atoms with van der Waals surface area (Å²) in [6.07, 6.45) is 1.42. The van der Waals surface area contributed by atoms with Crippen LogP contribution in [0.3, 0.4) is 0 Å². The second kappa shape index (κ2) is 8.76. The first-order chi connectivity index (χ1) is 13.7. The quantitative estimate of drug-likeness (QED) is 0.606. The second-order valence-corrected chi connectivity index (χ2v) is 5.53. The molecule has 0 saturated carbocycles. The van der Waals surface area contributed by atoms with Crippen LogP contribution in [0.4, 0.5) is 23.3 Å². The van der Waals surface area contributed by atoms with Crippen LogP contribution in [0.15, 0.2) is 42.7 Å². The van der Waals surface area contributed by atoms with Gasteiger partial charge in [0.25, 0.3) is 0 Å². The third-order valence-electron chi connectivity index (χ3n) is 3.84. The van der Waals surface area contributed by atoms with Crippen LogP contribution in [0.5, 0.6) is 23.0 Å². The third kappa shape index (κ3) is 4.32. The fourth-order valence-corrected chi connectivity index (χ4v) is 2.50. The van der Waals surface area contributed by atoms with Gasteiger partial charge in [0.15, 0.2) is 11.5 Å². The first-order valence-corrected chi connectivity index (χ1v) is 8.34. The largest absolute Gasteiger partial charge is 0.497 e. The van der Waals surface area contributed by atoms with Crippen molar-refractivity contribution in [3.8, 4) is 23.0 Å². The van der Waals surface area contributed by atoms with Crippen molar-refractivity contribution < 1.29 is 18.9 Å². The zero-order valence-corrected chi connectivity index (χ0v) is 16.0. The van der Waals surface area contributed by atoms with Gasteiger partial charge in [-0.15, -0.1) is 0 Å². The Morgan fingerprint density at radius 2 is 1.25 bits per heavy atom. The summed E-state index contributed by atoms with van der Waals surface area (Å²) in [6, 6.07) is 11.0. The smallest absolute Gasteiger partial charge is 0.232 e. The number of rotatable bonds is 8. The van der Waals surface area contributed by atoms with Gasteiger partial charge in [-0.1, -0.05) is 0 Å². The Hall–Kier alpha value is -3.75. The molecule has 0 aliphatic rings. The van der Waals surface area contributed by atoms with Crippen molar-refractivity contribution in [2.24, 2.45) is 0 Å². The van der Waals surface area contributed by atoms with Crippen LogP contribution in [-0.4, -0.2) is 43.4 Å². The predicted molar refractivity (Wildman–Crippen MR) is 105 cm³/mol. The molecule has 2 N–H and O–H groups in total. The highest BCUT2D eigenvalue weighted by Gasteiger charge is 2.14. The molecule has 0 fully saturated rings. The van der Waals surface area contributed by atoms with E-state index in [0.717, 1.165) is 11.4 Å². The van der Waals surface area contributed by atoms with E-state index in [1.54, 1.807) is 40.6 Å². The van der Waals surface area contributed by atoms with Crippen molar-refractivity contribution in [3.05, 3.63) is 42.7 Å². The Kier molecular flexibility index (Phi) is 5.95. The van der Waals surface area contributed by atoms with Gasteiger partial charge in [-0.25, -0.2) is 9.97 Å². The minimum absolute atomic E-state index is 0.361. The van der Waals surface area contributed by atoms with E-state index in [4.69, 9.17) is 18.9 Å². The van der Waals surface area contributed by atoms with Gasteiger partial charge in [0.2, 0.25) is 17.6 Å². The van der Waals surface area contributed by atoms with Crippen molar-refractivity contribution in [1.82, 2.24) is 15.0 Å². The van der Waals surface area contributed by atoms with Crippen LogP contribution >= 0.6 is 0 Å². The zero-order valence-electron chi connectivity index (χ0n) is 16.0. The highest BCUT2D eigenvalue weighted by Crippen LogP contribution is 2.40. The molecule has 1 heterocycles. The molecule has 28 heavy (non-hydrogen) atoms. The lowest BCUT2D eigenvalue weighted by molar-refractivity contribution is 0.324. The van der Waals surface area contributed by atoms with Crippen molar-refractivity contribution in [3.63, 3.8) is 0 Å². The number of benzene rings is 2. The van der Waals surface area contributed by atoms with Gasteiger partial charge >= 0.3 is 0 Å². The first-order valence-electron chi connectivity index (χ1n) is 8.34. The summed E-state index contributed by atoms with van der Waals surface area (Å²) in [5, 5.41) is 6.23. The Morgan fingerprint density at radius 1 is 0.679 bits per heavy atom. The fraction of sp³-hybridized carbons (Fsp3) is 0.211. The average molecular weight is 383 g/mol. The Morgan fingerprint density at radius 3 is 1.75 bits per heavy atom. The minimum Gasteiger partial charge on any atom is -0.497 e. The van der Waals surface area contributed by atoms with Gasteiger partial charge in [-0.05, 0) is 24.3 Å². The Labute approximate surface area is 162 Å². The average Bonchev–Trinajstić information content (AvgIpc) is 2.73. The number of aromatic nitrogens is 3. The molecule has 0 spiro atoms. The van der Waals surface area contributed by atoms with Crippen molar-refractivity contribution >= 4 is 23.3 Å². The summed E-state index contributed by atoms with van der Waals surface area (Å²) in [6.45, 7) is 0. The monoisotopic (exact) mass is 383 g/mol. The molecule has 3 aromatic rings. The van der Waals surface area contributed by atoms with Crippen LogP contribution in [0.1, 0.15) is 0 Å². The number of hydrogen-bond acceptors (Lipinski definition) is 9. The lowest BCUT2D eigenvalue weighted by Gasteiger charge is -2.14. The number of nitrogens with one attached hydrogen (secondary N) is 2. The van der Waals surface area contributed by atoms with Crippen LogP contribution < -0.4 is 29.6 Å². The van der Waals surface area contributed by atoms with E-state index < -0.39 is 0 Å². The van der Waals surface area contributed by atoms with E-state index in [1.165, 1.54) is 6.33 Å². The molecule has 0 unspecified atom stereocenters. The van der Waals surface area contributed by atoms with E-state index >= 15 is 0 Å². The summed E-state index contributed by atoms with van der Waals surface area (Å²) in [5.41, 5.74) is 1.50. The van der Waals surface area contributed by atoms with Crippen LogP contribution in [0.25, 0.3) is 0 Å². The van der Waals surface area contributed by atoms with Crippen LogP contribution in [-0.2, 0) is 0 Å². The van der Waals surface area contributed by atoms with E-state index in [1.807, 2.05) is 24.3 Å². The van der Waals surface area contributed by atoms with E-state index in [9.17, 15) is 0 Å². The molecule has 0 amide bonds. The fourth-order valence-electron chi connectivity index (χ4n) is 2.50. The maximum Gasteiger partial charge on any atom is 0.232 e. The van der Waals surface area contributed by atoms with E-state index in [2.05, 4.69) is 25.6 Å². The van der Waals surface area contributed by atoms with Gasteiger partial charge in [0.05, 0.1) is 28.4 Å². The molecule has 0 aliphatic carbocycles. The molecular weight excluding hydrogens is 362 g/mol. The lowest BCUT2D eigenvalue weighted by atomic mass is 10.2. The molecular formula is C19H21N5O4. The molecule has 0 radical (unpaired) electrons. The molecule has 0 bridgehead atoms. The molecule has 0 atom stereocenters. The minimum atomic E-state index is 0.361. The molecule has 146 valence electrons. The maximum absolute atomic E-state index is 5.36. The van der Waals surface area contributed by atoms with Gasteiger partial charge in [-0.2, -0.15) is 4.98 Å². The van der Waals surface area contributed by atoms with Crippen molar-refractivity contribution in [2.45, 2.75) is 0 Å². The molecule has 1 aromatic heterocycles. The highest BCUT2D eigenvalue weighted by molar-refractivity contribution is 5.66. The molecule has 3 rings (SSSR count). The summed E-state index contributed by atoms with van der Waals surface area (Å²) in [4.78, 5) is 12.7. The first kappa shape index (κ1) is 19.0. The van der Waals surface area contributed by atoms with Gasteiger partial charge in [0, 0.05) is 23.5 Å². The predicted octanol–water partition coefficient (Wildman–Crippen LogP) is 3.39. The summed E-state index contributed by atoms with van der Waals surface area (Å²) >= 11 is 0. The second-order valence-electron chi connectivity index (χ2n) is 5.53. The lowest BCUT2D eigenvalue weighted by Crippen LogP contribution is -2.03. The number of hydrogen-bond donors (Lipinski definition) is 2. The van der Waals surface area contributed by atoms with Crippen molar-refractivity contribution in [1.29, 1.82) is 0 Å². The topological polar surface area (TPSA) is 99.7 Å². The zero-order chi connectivity index (χ0) is 19.9. The van der Waals surface area contributed by atoms with Gasteiger partial charge in [-0.3, -0.25) is 0 Å². The number of ether oxygens (including phenoxy) is 4. The van der Waals surface area contributed by atoms with E-state index in [-0.39, 0.29) is 0 Å². The Balaban J connectivity index is 1.80. The number of anilines is 4. The highest BCUT2D eigenvalue weighted by atomic mass is 16.5.